The maximum Gasteiger partial charge on any atom is 4.00 e. The van der Waals surface area contributed by atoms with E-state index < -0.39 is 0 Å². The third-order valence-corrected chi connectivity index (χ3v) is 3.69. The first-order valence-corrected chi connectivity index (χ1v) is 7.45. The fourth-order valence-corrected chi connectivity index (χ4v) is 2.45. The van der Waals surface area contributed by atoms with Crippen LogP contribution in [0.2, 0.25) is 0 Å². The summed E-state index contributed by atoms with van der Waals surface area (Å²) in [5.41, 5.74) is 2.90. The average Bonchev–Trinajstić information content (AvgIpc) is 3.09. The summed E-state index contributed by atoms with van der Waals surface area (Å²) >= 11 is 0. The maximum atomic E-state index is 2.24. The Morgan fingerprint density at radius 1 is 0.826 bits per heavy atom. The van der Waals surface area contributed by atoms with E-state index in [4.69, 9.17) is 0 Å². The Morgan fingerprint density at radius 2 is 1.48 bits per heavy atom. The van der Waals surface area contributed by atoms with Crippen LogP contribution in [-0.4, -0.2) is 0 Å². The van der Waals surface area contributed by atoms with E-state index in [1.807, 2.05) is 0 Å². The van der Waals surface area contributed by atoms with Crippen molar-refractivity contribution in [3.05, 3.63) is 71.8 Å². The summed E-state index contributed by atoms with van der Waals surface area (Å²) in [4.78, 5) is 0. The van der Waals surface area contributed by atoms with Gasteiger partial charge in [-0.25, -0.2) is 6.07 Å². The molecule has 0 atom stereocenters. The van der Waals surface area contributed by atoms with Gasteiger partial charge < -0.3 is 24.8 Å². The molecule has 3 rings (SSSR count). The van der Waals surface area contributed by atoms with Gasteiger partial charge in [0.1, 0.15) is 0 Å². The summed E-state index contributed by atoms with van der Waals surface area (Å²) in [5, 5.41) is 2.77. The molecule has 0 spiro atoms. The molecule has 0 nitrogen and oxygen atoms in total. The van der Waals surface area contributed by atoms with E-state index in [2.05, 4.69) is 88.4 Å². The molecule has 0 amide bonds. The van der Waals surface area contributed by atoms with E-state index in [-0.39, 0.29) is 51.0 Å². The van der Waals surface area contributed by atoms with Crippen molar-refractivity contribution < 1.29 is 51.0 Å². The number of benzene rings is 1. The van der Waals surface area contributed by atoms with Crippen LogP contribution in [0.15, 0.2) is 60.7 Å². The molecule has 0 heterocycles. The monoisotopic (exact) mass is 424 g/mol. The molecule has 122 valence electrons. The second kappa shape index (κ2) is 12.1. The number of fused-ring (bicyclic) bond motifs is 1. The third-order valence-electron chi connectivity index (χ3n) is 3.69. The van der Waals surface area contributed by atoms with Crippen LogP contribution < -0.4 is 24.8 Å². The van der Waals surface area contributed by atoms with Crippen LogP contribution in [0.3, 0.4) is 0 Å². The van der Waals surface area contributed by atoms with E-state index in [1.165, 1.54) is 21.9 Å². The average molecular weight is 427 g/mol. The van der Waals surface area contributed by atoms with Crippen molar-refractivity contribution in [2.24, 2.45) is 0 Å². The minimum Gasteiger partial charge on any atom is -1.00 e. The molecule has 0 aliphatic heterocycles. The molecule has 0 saturated carbocycles. The van der Waals surface area contributed by atoms with E-state index >= 15 is 0 Å². The molecule has 3 aromatic carbocycles. The van der Waals surface area contributed by atoms with Crippen molar-refractivity contribution in [1.29, 1.82) is 0 Å². The molecule has 0 aromatic heterocycles. The molecule has 0 bridgehead atoms. The van der Waals surface area contributed by atoms with Crippen LogP contribution in [0.1, 0.15) is 50.7 Å². The standard InChI is InChI=1S/C12H13.C8H11.2ClH.Zr/c1-9(2)11-8-7-10-5-3-4-6-12(10)11;1-7(2)8-5-3-4-6-8;;;/h3-9H,1-2H3;3-7H,1-2H3;2*1H;/q2*-1;;;+4/p-2. The SMILES string of the molecule is CC(C)c1c[cH-]c2ccccc12.CC(C)c1cc[cH-]c1.[Cl-].[Cl-].[Zr+4]. The van der Waals surface area contributed by atoms with E-state index in [0.29, 0.717) is 11.8 Å². The summed E-state index contributed by atoms with van der Waals surface area (Å²) in [6.45, 7) is 8.88. The Labute approximate surface area is 172 Å². The largest absolute Gasteiger partial charge is 4.00 e. The molecule has 0 aliphatic rings. The molecule has 3 aromatic rings. The summed E-state index contributed by atoms with van der Waals surface area (Å²) in [6, 6.07) is 21.5. The quantitative estimate of drug-likeness (QED) is 0.515. The van der Waals surface area contributed by atoms with E-state index in [9.17, 15) is 0 Å². The van der Waals surface area contributed by atoms with Gasteiger partial charge in [0.05, 0.1) is 0 Å². The van der Waals surface area contributed by atoms with Gasteiger partial charge in [-0.05, 0) is 0 Å². The minimum absolute atomic E-state index is 0. The van der Waals surface area contributed by atoms with Gasteiger partial charge in [-0.3, -0.25) is 0 Å². The maximum absolute atomic E-state index is 2.24. The molecule has 0 fully saturated rings. The minimum atomic E-state index is 0. The third kappa shape index (κ3) is 6.96. The molecule has 3 heteroatoms. The Morgan fingerprint density at radius 3 is 1.96 bits per heavy atom. The van der Waals surface area contributed by atoms with Crippen LogP contribution in [0.4, 0.5) is 0 Å². The zero-order valence-corrected chi connectivity index (χ0v) is 18.2. The van der Waals surface area contributed by atoms with Gasteiger partial charge in [-0.2, -0.15) is 29.3 Å². The van der Waals surface area contributed by atoms with Gasteiger partial charge >= 0.3 is 26.2 Å². The zero-order chi connectivity index (χ0) is 14.5. The van der Waals surface area contributed by atoms with Crippen LogP contribution in [-0.2, 0) is 26.2 Å². The summed E-state index contributed by atoms with van der Waals surface area (Å²) in [7, 11) is 0. The molecule has 0 unspecified atom stereocenters. The number of rotatable bonds is 2. The molecule has 0 radical (unpaired) electrons. The first kappa shape index (κ1) is 24.9. The predicted octanol–water partition coefficient (Wildman–Crippen LogP) is 0.217. The van der Waals surface area contributed by atoms with Gasteiger partial charge in [-0.1, -0.05) is 45.6 Å². The smallest absolute Gasteiger partial charge is 1.00 e. The topological polar surface area (TPSA) is 0 Å². The second-order valence-electron chi connectivity index (χ2n) is 5.90. The Kier molecular flexibility index (Phi) is 13.1. The van der Waals surface area contributed by atoms with Crippen LogP contribution >= 0.6 is 0 Å². The molecular weight excluding hydrogens is 402 g/mol. The van der Waals surface area contributed by atoms with Crippen molar-refractivity contribution >= 4 is 10.8 Å². The van der Waals surface area contributed by atoms with Crippen LogP contribution in [0, 0.1) is 0 Å². The van der Waals surface area contributed by atoms with Crippen molar-refractivity contribution in [1.82, 2.24) is 0 Å². The van der Waals surface area contributed by atoms with Gasteiger partial charge in [0.2, 0.25) is 0 Å². The summed E-state index contributed by atoms with van der Waals surface area (Å²) < 4.78 is 0. The fourth-order valence-electron chi connectivity index (χ4n) is 2.45. The van der Waals surface area contributed by atoms with Crippen molar-refractivity contribution in [3.8, 4) is 0 Å². The molecular formula is C20H24Cl2Zr. The van der Waals surface area contributed by atoms with Crippen molar-refractivity contribution in [2.45, 2.75) is 39.5 Å². The zero-order valence-electron chi connectivity index (χ0n) is 14.2. The Bertz CT molecular complexity index is 637. The molecule has 23 heavy (non-hydrogen) atoms. The predicted molar refractivity (Wildman–Crippen MR) is 89.8 cm³/mol. The number of halogens is 2. The second-order valence-corrected chi connectivity index (χ2v) is 5.90. The van der Waals surface area contributed by atoms with Gasteiger partial charge in [0.25, 0.3) is 0 Å². The van der Waals surface area contributed by atoms with E-state index in [0.717, 1.165) is 0 Å². The Hall–Kier alpha value is -0.357. The summed E-state index contributed by atoms with van der Waals surface area (Å²) in [5.74, 6) is 1.31. The van der Waals surface area contributed by atoms with Crippen LogP contribution in [0.5, 0.6) is 0 Å². The van der Waals surface area contributed by atoms with Gasteiger partial charge in [0, 0.05) is 0 Å². The molecule has 0 saturated heterocycles. The molecule has 0 N–H and O–H groups in total. The fraction of sp³-hybridized carbons (Fsp3) is 0.300. The van der Waals surface area contributed by atoms with Crippen molar-refractivity contribution in [3.63, 3.8) is 0 Å². The first-order chi connectivity index (χ1) is 9.59. The normalized spacial score (nSPS) is 9.48. The Balaban J connectivity index is 0. The molecule has 0 aliphatic carbocycles. The first-order valence-electron chi connectivity index (χ1n) is 7.45. The summed E-state index contributed by atoms with van der Waals surface area (Å²) in [6.07, 6.45) is 0. The van der Waals surface area contributed by atoms with Gasteiger partial charge in [0.15, 0.2) is 0 Å². The van der Waals surface area contributed by atoms with E-state index in [1.54, 1.807) is 0 Å². The van der Waals surface area contributed by atoms with Gasteiger partial charge in [-0.15, -0.1) is 41.1 Å². The van der Waals surface area contributed by atoms with Crippen molar-refractivity contribution in [2.75, 3.05) is 0 Å². The number of hydrogen-bond donors (Lipinski definition) is 0. The van der Waals surface area contributed by atoms with Crippen LogP contribution in [0.25, 0.3) is 10.8 Å². The number of hydrogen-bond acceptors (Lipinski definition) is 0.